The van der Waals surface area contributed by atoms with Crippen molar-refractivity contribution in [3.05, 3.63) is 57.0 Å². The number of allylic oxidation sites excluding steroid dienone is 1. The normalized spacial score (nSPS) is 18.3. The summed E-state index contributed by atoms with van der Waals surface area (Å²) in [6.45, 7) is 2.61. The Labute approximate surface area is 199 Å². The average Bonchev–Trinajstić information content (AvgIpc) is 2.82. The molecule has 32 heavy (non-hydrogen) atoms. The molecule has 2 aromatic carbocycles. The largest absolute Gasteiger partial charge is 0.503 e. The lowest BCUT2D eigenvalue weighted by molar-refractivity contribution is -0.129. The number of thioether (sulfide) groups is 1. The summed E-state index contributed by atoms with van der Waals surface area (Å²) in [5.74, 6) is 1.29. The smallest absolute Gasteiger partial charge is 0.229 e. The van der Waals surface area contributed by atoms with Gasteiger partial charge in [-0.05, 0) is 64.8 Å². The molecule has 2 aliphatic rings. The third-order valence-corrected chi connectivity index (χ3v) is 7.24. The van der Waals surface area contributed by atoms with Crippen molar-refractivity contribution >= 4 is 39.3 Å². The summed E-state index contributed by atoms with van der Waals surface area (Å²) >= 11 is 4.84. The molecule has 1 unspecified atom stereocenters. The number of benzene rings is 2. The van der Waals surface area contributed by atoms with Crippen molar-refractivity contribution in [2.24, 2.45) is 0 Å². The number of phenolic OH excluding ortho intramolecular Hbond substituents is 1. The maximum absolute atomic E-state index is 13.1. The van der Waals surface area contributed by atoms with Crippen molar-refractivity contribution < 1.29 is 19.4 Å². The van der Waals surface area contributed by atoms with Crippen LogP contribution in [-0.4, -0.2) is 42.2 Å². The van der Waals surface area contributed by atoms with Crippen LogP contribution in [0.3, 0.4) is 0 Å². The maximum atomic E-state index is 13.1. The zero-order valence-corrected chi connectivity index (χ0v) is 20.1. The van der Waals surface area contributed by atoms with Gasteiger partial charge >= 0.3 is 0 Å². The predicted octanol–water partition coefficient (Wildman–Crippen LogP) is 4.78. The minimum absolute atomic E-state index is 0.00713. The Kier molecular flexibility index (Phi) is 6.53. The number of carbonyl (C=O) groups is 1. The van der Waals surface area contributed by atoms with Crippen LogP contribution in [0.15, 0.2) is 51.5 Å². The van der Waals surface area contributed by atoms with E-state index in [1.165, 1.54) is 11.8 Å². The first-order valence-corrected chi connectivity index (χ1v) is 11.9. The van der Waals surface area contributed by atoms with Gasteiger partial charge in [0.05, 0.1) is 47.4 Å². The van der Waals surface area contributed by atoms with Gasteiger partial charge in [0, 0.05) is 18.0 Å². The summed E-state index contributed by atoms with van der Waals surface area (Å²) < 4.78 is 11.2. The number of nitrogens with zero attached hydrogens (tertiary/aromatic N) is 3. The fourth-order valence-electron chi connectivity index (χ4n) is 3.86. The third-order valence-electron chi connectivity index (χ3n) is 5.48. The van der Waals surface area contributed by atoms with E-state index in [1.54, 1.807) is 24.1 Å². The van der Waals surface area contributed by atoms with Crippen LogP contribution in [0.4, 0.5) is 5.69 Å². The minimum Gasteiger partial charge on any atom is -0.503 e. The number of hydrogen-bond donors (Lipinski definition) is 1. The molecule has 0 radical (unpaired) electrons. The number of aromatic hydroxyl groups is 1. The van der Waals surface area contributed by atoms with Crippen molar-refractivity contribution in [3.8, 4) is 23.3 Å². The summed E-state index contributed by atoms with van der Waals surface area (Å²) in [7, 11) is 1.62. The first-order chi connectivity index (χ1) is 15.5. The van der Waals surface area contributed by atoms with E-state index in [0.717, 1.165) is 17.0 Å². The van der Waals surface area contributed by atoms with Gasteiger partial charge in [0.25, 0.3) is 0 Å². The molecule has 1 N–H and O–H groups in total. The molecule has 0 aromatic heterocycles. The lowest BCUT2D eigenvalue weighted by Crippen LogP contribution is -2.47. The molecule has 2 aromatic rings. The van der Waals surface area contributed by atoms with Crippen LogP contribution in [0.25, 0.3) is 0 Å². The first kappa shape index (κ1) is 22.4. The number of ether oxygens (including phenoxy) is 2. The maximum Gasteiger partial charge on any atom is 0.229 e. The van der Waals surface area contributed by atoms with Crippen LogP contribution in [0.5, 0.6) is 17.2 Å². The lowest BCUT2D eigenvalue weighted by Gasteiger charge is -2.42. The van der Waals surface area contributed by atoms with Crippen LogP contribution >= 0.6 is 27.7 Å². The highest BCUT2D eigenvalue weighted by Gasteiger charge is 2.38. The number of fused-ring (bicyclic) bond motifs is 1. The van der Waals surface area contributed by atoms with Crippen molar-refractivity contribution in [2.75, 3.05) is 31.2 Å². The molecule has 0 aliphatic carbocycles. The zero-order chi connectivity index (χ0) is 22.8. The molecule has 0 bridgehead atoms. The standard InChI is InChI=1S/C23H22BrN3O4S/c1-3-31-20-9-14(8-19(24)22(20)29)17-10-21(28)27-12-26(13-32-23(27)18(17)11-25)15-4-6-16(30-2)7-5-15/h4-9,17,29H,3,10,12-13H2,1-2H3. The zero-order valence-electron chi connectivity index (χ0n) is 17.7. The number of amides is 1. The van der Waals surface area contributed by atoms with E-state index in [-0.39, 0.29) is 18.1 Å². The number of methoxy groups -OCH3 is 1. The Hall–Kier alpha value is -2.83. The van der Waals surface area contributed by atoms with Gasteiger partial charge in [-0.25, -0.2) is 0 Å². The predicted molar refractivity (Wildman–Crippen MR) is 127 cm³/mol. The fraction of sp³-hybridized carbons (Fsp3) is 0.304. The van der Waals surface area contributed by atoms with Crippen molar-refractivity contribution in [3.63, 3.8) is 0 Å². The van der Waals surface area contributed by atoms with E-state index in [9.17, 15) is 15.2 Å². The molecule has 1 amide bonds. The molecular weight excluding hydrogens is 494 g/mol. The second-order valence-electron chi connectivity index (χ2n) is 7.34. The Balaban J connectivity index is 1.66. The highest BCUT2D eigenvalue weighted by molar-refractivity contribution is 9.10. The number of anilines is 1. The summed E-state index contributed by atoms with van der Waals surface area (Å²) in [4.78, 5) is 16.9. The molecule has 9 heteroatoms. The Morgan fingerprint density at radius 3 is 2.72 bits per heavy atom. The van der Waals surface area contributed by atoms with Crippen molar-refractivity contribution in [1.29, 1.82) is 5.26 Å². The third kappa shape index (κ3) is 4.12. The molecule has 1 saturated heterocycles. The highest BCUT2D eigenvalue weighted by Crippen LogP contribution is 2.46. The molecule has 0 spiro atoms. The van der Waals surface area contributed by atoms with Gasteiger partial charge in [-0.3, -0.25) is 9.69 Å². The number of phenols is 1. The van der Waals surface area contributed by atoms with E-state index in [1.807, 2.05) is 31.2 Å². The SMILES string of the molecule is CCOc1cc(C2CC(=O)N3CN(c4ccc(OC)cc4)CSC3=C2C#N)cc(Br)c1O. The molecule has 1 atom stereocenters. The van der Waals surface area contributed by atoms with Gasteiger partial charge < -0.3 is 19.5 Å². The number of hydrogen-bond acceptors (Lipinski definition) is 7. The topological polar surface area (TPSA) is 86.0 Å². The van der Waals surface area contributed by atoms with Gasteiger partial charge in [0.2, 0.25) is 5.91 Å². The molecule has 2 heterocycles. The monoisotopic (exact) mass is 515 g/mol. The highest BCUT2D eigenvalue weighted by atomic mass is 79.9. The summed E-state index contributed by atoms with van der Waals surface area (Å²) in [5, 5.41) is 20.9. The van der Waals surface area contributed by atoms with Gasteiger partial charge in [-0.15, -0.1) is 0 Å². The average molecular weight is 516 g/mol. The molecule has 1 fully saturated rings. The molecular formula is C23H22BrN3O4S. The Morgan fingerprint density at radius 2 is 2.06 bits per heavy atom. The summed E-state index contributed by atoms with van der Waals surface area (Å²) in [6, 6.07) is 13.5. The van der Waals surface area contributed by atoms with E-state index >= 15 is 0 Å². The van der Waals surface area contributed by atoms with Crippen LogP contribution in [0.1, 0.15) is 24.8 Å². The van der Waals surface area contributed by atoms with Crippen molar-refractivity contribution in [2.45, 2.75) is 19.3 Å². The second-order valence-corrected chi connectivity index (χ2v) is 9.13. The van der Waals surface area contributed by atoms with Gasteiger partial charge in [0.15, 0.2) is 11.5 Å². The lowest BCUT2D eigenvalue weighted by atomic mass is 9.86. The Bertz CT molecular complexity index is 1110. The van der Waals surface area contributed by atoms with E-state index in [0.29, 0.717) is 40.0 Å². The minimum atomic E-state index is -0.394. The van der Waals surface area contributed by atoms with E-state index in [4.69, 9.17) is 9.47 Å². The number of nitriles is 1. The van der Waals surface area contributed by atoms with Crippen molar-refractivity contribution in [1.82, 2.24) is 4.90 Å². The van der Waals surface area contributed by atoms with E-state index in [2.05, 4.69) is 26.9 Å². The molecule has 4 rings (SSSR count). The fourth-order valence-corrected chi connectivity index (χ4v) is 5.49. The summed E-state index contributed by atoms with van der Waals surface area (Å²) in [6.07, 6.45) is 0.173. The summed E-state index contributed by atoms with van der Waals surface area (Å²) in [5.41, 5.74) is 2.30. The van der Waals surface area contributed by atoms with Crippen LogP contribution in [0, 0.1) is 11.3 Å². The molecule has 0 saturated carbocycles. The Morgan fingerprint density at radius 1 is 1.31 bits per heavy atom. The molecule has 7 nitrogen and oxygen atoms in total. The van der Waals surface area contributed by atoms with Gasteiger partial charge in [0.1, 0.15) is 5.75 Å². The van der Waals surface area contributed by atoms with Crippen LogP contribution < -0.4 is 14.4 Å². The molecule has 166 valence electrons. The van der Waals surface area contributed by atoms with Gasteiger partial charge in [-0.2, -0.15) is 5.26 Å². The van der Waals surface area contributed by atoms with Gasteiger partial charge in [-0.1, -0.05) is 11.8 Å². The van der Waals surface area contributed by atoms with Crippen LogP contribution in [0.2, 0.25) is 0 Å². The van der Waals surface area contributed by atoms with E-state index < -0.39 is 5.92 Å². The molecule has 2 aliphatic heterocycles. The van der Waals surface area contributed by atoms with Crippen LogP contribution in [-0.2, 0) is 4.79 Å². The quantitative estimate of drug-likeness (QED) is 0.612. The number of rotatable bonds is 5. The second kappa shape index (κ2) is 9.35. The number of carbonyl (C=O) groups excluding carboxylic acids is 1. The number of halogens is 1. The first-order valence-electron chi connectivity index (χ1n) is 10.1.